The molecule has 0 radical (unpaired) electrons. The molecule has 0 aliphatic carbocycles. The van der Waals surface area contributed by atoms with Crippen molar-refractivity contribution in [2.45, 2.75) is 6.92 Å². The predicted molar refractivity (Wildman–Crippen MR) is 78.2 cm³/mol. The third-order valence-electron chi connectivity index (χ3n) is 2.54. The van der Waals surface area contributed by atoms with Gasteiger partial charge in [-0.05, 0) is 53.2 Å². The van der Waals surface area contributed by atoms with Crippen LogP contribution in [0.2, 0.25) is 5.02 Å². The molecule has 2 aromatic rings. The molecular weight excluding hydrogens is 333 g/mol. The number of hydrogen-bond acceptors (Lipinski definition) is 1. The fourth-order valence-corrected chi connectivity index (χ4v) is 2.13. The molecule has 0 unspecified atom stereocenters. The first-order chi connectivity index (χ1) is 8.97. The van der Waals surface area contributed by atoms with E-state index in [1.165, 1.54) is 12.1 Å². The van der Waals surface area contributed by atoms with E-state index in [2.05, 4.69) is 21.2 Å². The average molecular weight is 343 g/mol. The molecule has 0 aliphatic heterocycles. The minimum absolute atomic E-state index is 0.0229. The molecule has 0 atom stereocenters. The Hall–Kier alpha value is -1.39. The molecular formula is C14H10BrClFNO. The lowest BCUT2D eigenvalue weighted by molar-refractivity contribution is 0.102. The summed E-state index contributed by atoms with van der Waals surface area (Å²) in [4.78, 5) is 12.1. The second-order valence-electron chi connectivity index (χ2n) is 4.07. The van der Waals surface area contributed by atoms with Crippen molar-refractivity contribution in [2.75, 3.05) is 5.32 Å². The average Bonchev–Trinajstić information content (AvgIpc) is 2.36. The maximum atomic E-state index is 13.3. The molecule has 1 amide bonds. The van der Waals surface area contributed by atoms with Crippen LogP contribution < -0.4 is 5.32 Å². The summed E-state index contributed by atoms with van der Waals surface area (Å²) in [7, 11) is 0. The van der Waals surface area contributed by atoms with Crippen molar-refractivity contribution in [1.29, 1.82) is 0 Å². The summed E-state index contributed by atoms with van der Waals surface area (Å²) in [5.41, 5.74) is 1.83. The van der Waals surface area contributed by atoms with Gasteiger partial charge in [0.1, 0.15) is 5.82 Å². The molecule has 0 fully saturated rings. The fourth-order valence-electron chi connectivity index (χ4n) is 1.59. The molecule has 0 saturated carbocycles. The van der Waals surface area contributed by atoms with Crippen molar-refractivity contribution in [1.82, 2.24) is 0 Å². The molecule has 0 bridgehead atoms. The minimum atomic E-state index is -0.567. The highest BCUT2D eigenvalue weighted by Crippen LogP contribution is 2.22. The van der Waals surface area contributed by atoms with Crippen molar-refractivity contribution in [3.63, 3.8) is 0 Å². The van der Waals surface area contributed by atoms with Crippen LogP contribution in [0.1, 0.15) is 15.9 Å². The molecule has 0 saturated heterocycles. The van der Waals surface area contributed by atoms with E-state index >= 15 is 0 Å². The van der Waals surface area contributed by atoms with Crippen LogP contribution in [-0.4, -0.2) is 5.91 Å². The van der Waals surface area contributed by atoms with E-state index in [1.54, 1.807) is 18.2 Å². The van der Waals surface area contributed by atoms with E-state index in [0.29, 0.717) is 15.7 Å². The van der Waals surface area contributed by atoms with E-state index in [9.17, 15) is 9.18 Å². The van der Waals surface area contributed by atoms with E-state index in [1.807, 2.05) is 13.0 Å². The zero-order valence-electron chi connectivity index (χ0n) is 10.0. The maximum Gasteiger partial charge on any atom is 0.256 e. The summed E-state index contributed by atoms with van der Waals surface area (Å²) in [6.07, 6.45) is 0. The van der Waals surface area contributed by atoms with Gasteiger partial charge >= 0.3 is 0 Å². The maximum absolute atomic E-state index is 13.3. The van der Waals surface area contributed by atoms with Gasteiger partial charge in [0, 0.05) is 10.2 Å². The van der Waals surface area contributed by atoms with E-state index in [-0.39, 0.29) is 10.9 Å². The topological polar surface area (TPSA) is 29.1 Å². The first-order valence-corrected chi connectivity index (χ1v) is 6.67. The highest BCUT2D eigenvalue weighted by atomic mass is 79.9. The van der Waals surface area contributed by atoms with Gasteiger partial charge < -0.3 is 5.32 Å². The van der Waals surface area contributed by atoms with Crippen LogP contribution in [0.15, 0.2) is 40.9 Å². The second kappa shape index (κ2) is 5.72. The van der Waals surface area contributed by atoms with Crippen LogP contribution in [0.3, 0.4) is 0 Å². The van der Waals surface area contributed by atoms with Gasteiger partial charge in [0.05, 0.1) is 10.6 Å². The highest BCUT2D eigenvalue weighted by molar-refractivity contribution is 9.10. The Morgan fingerprint density at radius 1 is 1.26 bits per heavy atom. The number of halogens is 3. The van der Waals surface area contributed by atoms with Crippen LogP contribution >= 0.6 is 27.5 Å². The molecule has 2 nitrogen and oxygen atoms in total. The van der Waals surface area contributed by atoms with Crippen LogP contribution in [-0.2, 0) is 0 Å². The molecule has 0 aromatic heterocycles. The third-order valence-corrected chi connectivity index (χ3v) is 3.54. The molecule has 2 rings (SSSR count). The highest BCUT2D eigenvalue weighted by Gasteiger charge is 2.11. The SMILES string of the molecule is Cc1ccc(Br)c(C(=O)Nc2ccc(Cl)c(F)c2)c1. The van der Waals surface area contributed by atoms with Gasteiger partial charge in [-0.1, -0.05) is 23.2 Å². The fraction of sp³-hybridized carbons (Fsp3) is 0.0714. The number of hydrogen-bond donors (Lipinski definition) is 1. The van der Waals surface area contributed by atoms with Gasteiger partial charge in [0.15, 0.2) is 0 Å². The smallest absolute Gasteiger partial charge is 0.256 e. The van der Waals surface area contributed by atoms with Gasteiger partial charge in [-0.3, -0.25) is 4.79 Å². The Balaban J connectivity index is 2.25. The lowest BCUT2D eigenvalue weighted by Crippen LogP contribution is -2.13. The second-order valence-corrected chi connectivity index (χ2v) is 5.33. The number of carbonyl (C=O) groups is 1. The van der Waals surface area contributed by atoms with Gasteiger partial charge in [0.2, 0.25) is 0 Å². The molecule has 2 aromatic carbocycles. The monoisotopic (exact) mass is 341 g/mol. The molecule has 5 heteroatoms. The van der Waals surface area contributed by atoms with Crippen molar-refractivity contribution in [3.8, 4) is 0 Å². The van der Waals surface area contributed by atoms with E-state index in [4.69, 9.17) is 11.6 Å². The standard InChI is InChI=1S/C14H10BrClFNO/c1-8-2-4-11(15)10(6-8)14(19)18-9-3-5-12(16)13(17)7-9/h2-7H,1H3,(H,18,19). The Morgan fingerprint density at radius 2 is 2.00 bits per heavy atom. The number of anilines is 1. The number of amides is 1. The van der Waals surface area contributed by atoms with Crippen molar-refractivity contribution in [2.24, 2.45) is 0 Å². The number of aryl methyl sites for hydroxylation is 1. The zero-order valence-corrected chi connectivity index (χ0v) is 12.3. The number of benzene rings is 2. The largest absolute Gasteiger partial charge is 0.322 e. The Kier molecular flexibility index (Phi) is 4.22. The normalized spacial score (nSPS) is 10.3. The van der Waals surface area contributed by atoms with Crippen LogP contribution in [0, 0.1) is 12.7 Å². The Labute approximate surface area is 123 Å². The summed E-state index contributed by atoms with van der Waals surface area (Å²) in [6.45, 7) is 1.89. The summed E-state index contributed by atoms with van der Waals surface area (Å²) >= 11 is 8.90. The van der Waals surface area contributed by atoms with Gasteiger partial charge in [-0.15, -0.1) is 0 Å². The van der Waals surface area contributed by atoms with Gasteiger partial charge in [0.25, 0.3) is 5.91 Å². The Bertz CT molecular complexity index is 645. The quantitative estimate of drug-likeness (QED) is 0.834. The zero-order chi connectivity index (χ0) is 14.0. The lowest BCUT2D eigenvalue weighted by atomic mass is 10.1. The van der Waals surface area contributed by atoms with Crippen molar-refractivity contribution in [3.05, 3.63) is 62.8 Å². The molecule has 0 aliphatic rings. The summed E-state index contributed by atoms with van der Waals surface area (Å²) in [5.74, 6) is -0.875. The van der Waals surface area contributed by atoms with Gasteiger partial charge in [-0.25, -0.2) is 4.39 Å². The van der Waals surface area contributed by atoms with E-state index < -0.39 is 5.82 Å². The summed E-state index contributed by atoms with van der Waals surface area (Å²) in [6, 6.07) is 9.58. The molecule has 0 spiro atoms. The molecule has 0 heterocycles. The first kappa shape index (κ1) is 14.0. The Morgan fingerprint density at radius 3 is 2.68 bits per heavy atom. The van der Waals surface area contributed by atoms with E-state index in [0.717, 1.165) is 5.56 Å². The third kappa shape index (κ3) is 3.33. The predicted octanol–water partition coefficient (Wildman–Crippen LogP) is 4.80. The minimum Gasteiger partial charge on any atom is -0.322 e. The van der Waals surface area contributed by atoms with Crippen molar-refractivity contribution < 1.29 is 9.18 Å². The summed E-state index contributed by atoms with van der Waals surface area (Å²) in [5, 5.41) is 2.65. The number of carbonyl (C=O) groups excluding carboxylic acids is 1. The first-order valence-electron chi connectivity index (χ1n) is 5.50. The number of nitrogens with one attached hydrogen (secondary N) is 1. The number of rotatable bonds is 2. The van der Waals surface area contributed by atoms with Crippen molar-refractivity contribution >= 4 is 39.1 Å². The van der Waals surface area contributed by atoms with Gasteiger partial charge in [-0.2, -0.15) is 0 Å². The molecule has 19 heavy (non-hydrogen) atoms. The lowest BCUT2D eigenvalue weighted by Gasteiger charge is -2.08. The molecule has 98 valence electrons. The molecule has 1 N–H and O–H groups in total. The van der Waals surface area contributed by atoms with Crippen LogP contribution in [0.5, 0.6) is 0 Å². The van der Waals surface area contributed by atoms with Crippen LogP contribution in [0.25, 0.3) is 0 Å². The summed E-state index contributed by atoms with van der Waals surface area (Å²) < 4.78 is 14.0. The van der Waals surface area contributed by atoms with Crippen LogP contribution in [0.4, 0.5) is 10.1 Å².